The second-order valence-corrected chi connectivity index (χ2v) is 11.5. The van der Waals surface area contributed by atoms with Crippen molar-refractivity contribution < 1.29 is 11.3 Å². The molecule has 0 radical (unpaired) electrons. The second-order valence-electron chi connectivity index (χ2n) is 11.5. The summed E-state index contributed by atoms with van der Waals surface area (Å²) in [5.74, 6) is 0.504. The van der Waals surface area contributed by atoms with Crippen LogP contribution in [0.2, 0.25) is 0 Å². The summed E-state index contributed by atoms with van der Waals surface area (Å²) in [6.45, 7) is 0. The number of nitrogens with zero attached hydrogens (tertiary/aromatic N) is 4. The molecule has 49 heavy (non-hydrogen) atoms. The minimum absolute atomic E-state index is 0.0372. The minimum Gasteiger partial charge on any atom is -0.454 e. The van der Waals surface area contributed by atoms with Crippen molar-refractivity contribution in [3.8, 4) is 67.7 Å². The highest BCUT2D eigenvalue weighted by atomic mass is 16.3. The van der Waals surface area contributed by atoms with Gasteiger partial charge in [-0.2, -0.15) is 0 Å². The number of aromatic nitrogens is 4. The molecule has 0 bridgehead atoms. The molecule has 0 aliphatic rings. The molecule has 0 N–H and O–H groups in total. The maximum absolute atomic E-state index is 8.73. The third-order valence-electron chi connectivity index (χ3n) is 8.53. The zero-order valence-corrected chi connectivity index (χ0v) is 26.0. The lowest BCUT2D eigenvalue weighted by atomic mass is 10.0. The van der Waals surface area contributed by atoms with Gasteiger partial charge >= 0.3 is 0 Å². The van der Waals surface area contributed by atoms with Gasteiger partial charge in [0.05, 0.1) is 6.85 Å². The van der Waals surface area contributed by atoms with Gasteiger partial charge in [0.15, 0.2) is 23.1 Å². The second kappa shape index (κ2) is 12.1. The molecule has 0 aliphatic heterocycles. The van der Waals surface area contributed by atoms with Gasteiger partial charge in [-0.3, -0.25) is 4.98 Å². The van der Waals surface area contributed by atoms with E-state index in [9.17, 15) is 0 Å². The average Bonchev–Trinajstić information content (AvgIpc) is 3.62. The van der Waals surface area contributed by atoms with Gasteiger partial charge in [-0.05, 0) is 34.4 Å². The van der Waals surface area contributed by atoms with E-state index in [-0.39, 0.29) is 23.0 Å². The molecule has 5 nitrogen and oxygen atoms in total. The van der Waals surface area contributed by atoms with Crippen molar-refractivity contribution in [1.82, 2.24) is 19.9 Å². The van der Waals surface area contributed by atoms with E-state index in [1.54, 1.807) is 6.20 Å². The summed E-state index contributed by atoms with van der Waals surface area (Å²) in [6.07, 6.45) is 1.75. The van der Waals surface area contributed by atoms with Crippen LogP contribution in [0.25, 0.3) is 89.6 Å². The van der Waals surface area contributed by atoms with Gasteiger partial charge in [0.2, 0.25) is 0 Å². The van der Waals surface area contributed by atoms with Crippen LogP contribution in [0, 0.1) is 0 Å². The average molecular weight is 634 g/mol. The molecule has 6 aromatic carbocycles. The molecular weight excluding hydrogens is 601 g/mol. The molecule has 3 heterocycles. The summed E-state index contributed by atoms with van der Waals surface area (Å²) in [5.41, 5.74) is 8.23. The van der Waals surface area contributed by atoms with E-state index in [0.29, 0.717) is 28.0 Å². The Bertz CT molecular complexity index is 2830. The fourth-order valence-corrected chi connectivity index (χ4v) is 6.14. The third-order valence-corrected chi connectivity index (χ3v) is 8.53. The number of fused-ring (bicyclic) bond motifs is 3. The highest BCUT2D eigenvalue weighted by molar-refractivity contribution is 6.14. The van der Waals surface area contributed by atoms with Crippen LogP contribution >= 0.6 is 0 Å². The number of hydrogen-bond donors (Lipinski definition) is 0. The molecule has 0 saturated carbocycles. The molecule has 9 rings (SSSR count). The third kappa shape index (κ3) is 5.33. The topological polar surface area (TPSA) is 64.7 Å². The number of benzene rings is 6. The van der Waals surface area contributed by atoms with Crippen molar-refractivity contribution in [2.45, 2.75) is 0 Å². The lowest BCUT2D eigenvalue weighted by molar-refractivity contribution is 0.668. The molecule has 0 amide bonds. The van der Waals surface area contributed by atoms with Gasteiger partial charge < -0.3 is 4.42 Å². The maximum Gasteiger partial charge on any atom is 0.164 e. The van der Waals surface area contributed by atoms with Crippen molar-refractivity contribution in [3.05, 3.63) is 170 Å². The smallest absolute Gasteiger partial charge is 0.164 e. The number of pyridine rings is 1. The maximum atomic E-state index is 8.73. The lowest BCUT2D eigenvalue weighted by Crippen LogP contribution is -2.00. The molecule has 230 valence electrons. The zero-order chi connectivity index (χ0) is 36.9. The summed E-state index contributed by atoms with van der Waals surface area (Å²) >= 11 is 0. The standard InChI is InChI=1S/C44H28N4O/c1-4-11-29(12-5-1)31-19-23-33(24-20-31)40-41-36(27-28-45-40)39-37(17-10-18-38(39)49-41)44-47-42(34-15-8-3-9-16-34)46-43(48-44)35-25-21-32(22-26-35)30-13-6-2-7-14-30/h1-28H/i3D,8D,9D,15D,16D. The van der Waals surface area contributed by atoms with Crippen LogP contribution in [-0.4, -0.2) is 19.9 Å². The van der Waals surface area contributed by atoms with Crippen LogP contribution in [0.4, 0.5) is 0 Å². The molecule has 0 aliphatic carbocycles. The van der Waals surface area contributed by atoms with E-state index in [0.717, 1.165) is 38.6 Å². The Kier molecular flexibility index (Phi) is 5.84. The highest BCUT2D eigenvalue weighted by Gasteiger charge is 2.20. The number of rotatable bonds is 6. The first-order valence-corrected chi connectivity index (χ1v) is 15.8. The molecule has 0 atom stereocenters. The predicted molar refractivity (Wildman–Crippen MR) is 198 cm³/mol. The van der Waals surface area contributed by atoms with Crippen LogP contribution in [0.3, 0.4) is 0 Å². The van der Waals surface area contributed by atoms with Gasteiger partial charge in [0.25, 0.3) is 0 Å². The van der Waals surface area contributed by atoms with Crippen molar-refractivity contribution in [2.75, 3.05) is 0 Å². The molecule has 9 aromatic rings. The highest BCUT2D eigenvalue weighted by Crippen LogP contribution is 2.40. The van der Waals surface area contributed by atoms with Crippen LogP contribution in [0.15, 0.2) is 174 Å². The van der Waals surface area contributed by atoms with E-state index >= 15 is 0 Å². The Morgan fingerprint density at radius 3 is 1.65 bits per heavy atom. The molecule has 0 unspecified atom stereocenters. The Hall–Kier alpha value is -6.72. The summed E-state index contributed by atoms with van der Waals surface area (Å²) in [5, 5.41) is 1.55. The summed E-state index contributed by atoms with van der Waals surface area (Å²) in [7, 11) is 0. The van der Waals surface area contributed by atoms with E-state index in [1.807, 2.05) is 109 Å². The fraction of sp³-hybridized carbons (Fsp3) is 0. The normalized spacial score (nSPS) is 12.7. The van der Waals surface area contributed by atoms with E-state index in [1.165, 1.54) is 0 Å². The molecule has 0 fully saturated rings. The quantitative estimate of drug-likeness (QED) is 0.182. The van der Waals surface area contributed by atoms with Crippen molar-refractivity contribution in [1.29, 1.82) is 0 Å². The lowest BCUT2D eigenvalue weighted by Gasteiger charge is -2.10. The Morgan fingerprint density at radius 2 is 1.00 bits per heavy atom. The zero-order valence-electron chi connectivity index (χ0n) is 31.0. The Morgan fingerprint density at radius 1 is 0.449 bits per heavy atom. The first kappa shape index (κ1) is 23.6. The SMILES string of the molecule is [2H]c1c([2H])c([2H])c(-c2nc(-c3ccc(-c4ccccc4)cc3)nc(-c3cccc4oc5c(-c6ccc(-c7ccccc7)cc6)nccc5c34)n2)c([2H])c1[2H]. The molecule has 3 aromatic heterocycles. The van der Waals surface area contributed by atoms with Crippen LogP contribution in [0.5, 0.6) is 0 Å². The Labute approximate surface area is 290 Å². The van der Waals surface area contributed by atoms with E-state index in [4.69, 9.17) is 31.2 Å². The Balaban J connectivity index is 1.23. The van der Waals surface area contributed by atoms with Crippen LogP contribution in [-0.2, 0) is 0 Å². The molecular formula is C44H28N4O. The fourth-order valence-electron chi connectivity index (χ4n) is 6.14. The molecule has 0 spiro atoms. The summed E-state index contributed by atoms with van der Waals surface area (Å²) in [4.78, 5) is 19.2. The van der Waals surface area contributed by atoms with Crippen molar-refractivity contribution in [2.24, 2.45) is 0 Å². The first-order valence-electron chi connectivity index (χ1n) is 18.3. The minimum atomic E-state index is -0.492. The van der Waals surface area contributed by atoms with Gasteiger partial charge in [-0.1, -0.05) is 152 Å². The van der Waals surface area contributed by atoms with Gasteiger partial charge in [0, 0.05) is 39.2 Å². The largest absolute Gasteiger partial charge is 0.454 e. The number of hydrogen-bond acceptors (Lipinski definition) is 5. The van der Waals surface area contributed by atoms with Crippen molar-refractivity contribution >= 4 is 21.9 Å². The van der Waals surface area contributed by atoms with Crippen LogP contribution in [0.1, 0.15) is 6.85 Å². The van der Waals surface area contributed by atoms with Gasteiger partial charge in [0.1, 0.15) is 11.3 Å². The number of furan rings is 1. The first-order chi connectivity index (χ1) is 26.4. The predicted octanol–water partition coefficient (Wildman–Crippen LogP) is 11.2. The summed E-state index contributed by atoms with van der Waals surface area (Å²) in [6, 6.07) is 41.4. The van der Waals surface area contributed by atoms with E-state index in [2.05, 4.69) is 24.3 Å². The summed E-state index contributed by atoms with van der Waals surface area (Å²) < 4.78 is 48.8. The van der Waals surface area contributed by atoms with Crippen molar-refractivity contribution in [3.63, 3.8) is 0 Å². The van der Waals surface area contributed by atoms with Gasteiger partial charge in [-0.25, -0.2) is 15.0 Å². The monoisotopic (exact) mass is 633 g/mol. The van der Waals surface area contributed by atoms with E-state index < -0.39 is 30.2 Å². The van der Waals surface area contributed by atoms with Crippen LogP contribution < -0.4 is 0 Å². The van der Waals surface area contributed by atoms with Gasteiger partial charge in [-0.15, -0.1) is 0 Å². The molecule has 0 saturated heterocycles. The molecule has 5 heteroatoms.